The van der Waals surface area contributed by atoms with Crippen LogP contribution in [0.5, 0.6) is 0 Å². The van der Waals surface area contributed by atoms with Crippen molar-refractivity contribution in [3.63, 3.8) is 0 Å². The Hall–Kier alpha value is -2.70. The lowest BCUT2D eigenvalue weighted by Gasteiger charge is -2.50. The average Bonchev–Trinajstić information content (AvgIpc) is 2.79. The molecular formula is C24H25NO5. The summed E-state index contributed by atoms with van der Waals surface area (Å²) < 4.78 is 18.1. The first-order valence-electron chi connectivity index (χ1n) is 10.5. The lowest BCUT2D eigenvalue weighted by atomic mass is 9.60. The Bertz CT molecular complexity index is 916. The van der Waals surface area contributed by atoms with Crippen LogP contribution in [0.15, 0.2) is 72.5 Å². The van der Waals surface area contributed by atoms with Crippen molar-refractivity contribution in [1.29, 1.82) is 0 Å². The Labute approximate surface area is 175 Å². The molecule has 6 nitrogen and oxygen atoms in total. The third kappa shape index (κ3) is 3.50. The average molecular weight is 407 g/mol. The van der Waals surface area contributed by atoms with Crippen molar-refractivity contribution in [1.82, 2.24) is 0 Å². The molecule has 2 fully saturated rings. The zero-order valence-electron chi connectivity index (χ0n) is 16.6. The van der Waals surface area contributed by atoms with Gasteiger partial charge in [0.2, 0.25) is 12.3 Å². The summed E-state index contributed by atoms with van der Waals surface area (Å²) in [5, 5.41) is 12.0. The Kier molecular flexibility index (Phi) is 5.27. The van der Waals surface area contributed by atoms with Crippen LogP contribution in [-0.4, -0.2) is 30.5 Å². The minimum absolute atomic E-state index is 0.0337. The van der Waals surface area contributed by atoms with Crippen LogP contribution in [0.25, 0.3) is 0 Å². The third-order valence-electron chi connectivity index (χ3n) is 6.71. The molecule has 0 spiro atoms. The lowest BCUT2D eigenvalue weighted by molar-refractivity contribution is -0.531. The van der Waals surface area contributed by atoms with Gasteiger partial charge in [0.05, 0.1) is 37.9 Å². The van der Waals surface area contributed by atoms with Crippen LogP contribution in [0.1, 0.15) is 23.5 Å². The van der Waals surface area contributed by atoms with Crippen molar-refractivity contribution in [3.05, 3.63) is 93.7 Å². The highest BCUT2D eigenvalue weighted by Crippen LogP contribution is 2.52. The fourth-order valence-electron chi connectivity index (χ4n) is 5.43. The first-order valence-corrected chi connectivity index (χ1v) is 10.5. The number of ether oxygens (including phenoxy) is 3. The number of hydrogen-bond acceptors (Lipinski definition) is 5. The standard InChI is InChI=1S/C24H25NO5/c26-25(27)21-11-18-13-30-24(29-12-16-7-3-1-4-8-16)20-15-28-14-19(22(18)20)23(21)17-9-5-2-6-10-17/h1-10,13,19-24H,11-12,14-15H2/t19-,20-,21-,22-,23+,24-/m1/s1. The minimum Gasteiger partial charge on any atom is -0.472 e. The molecule has 2 heterocycles. The molecule has 1 saturated heterocycles. The van der Waals surface area contributed by atoms with Gasteiger partial charge in [-0.2, -0.15) is 0 Å². The van der Waals surface area contributed by atoms with E-state index in [1.807, 2.05) is 60.7 Å². The van der Waals surface area contributed by atoms with E-state index in [0.29, 0.717) is 26.2 Å². The molecule has 2 aliphatic heterocycles. The van der Waals surface area contributed by atoms with E-state index in [1.54, 1.807) is 6.26 Å². The summed E-state index contributed by atoms with van der Waals surface area (Å²) in [6.07, 6.45) is 1.73. The van der Waals surface area contributed by atoms with Crippen molar-refractivity contribution in [2.75, 3.05) is 13.2 Å². The molecule has 0 N–H and O–H groups in total. The van der Waals surface area contributed by atoms with Crippen molar-refractivity contribution < 1.29 is 19.1 Å². The third-order valence-corrected chi connectivity index (χ3v) is 6.71. The quantitative estimate of drug-likeness (QED) is 0.550. The van der Waals surface area contributed by atoms with Gasteiger partial charge in [-0.25, -0.2) is 0 Å². The fourth-order valence-corrected chi connectivity index (χ4v) is 5.43. The maximum Gasteiger partial charge on any atom is 0.224 e. The Morgan fingerprint density at radius 1 is 0.967 bits per heavy atom. The van der Waals surface area contributed by atoms with E-state index >= 15 is 0 Å². The summed E-state index contributed by atoms with van der Waals surface area (Å²) in [6, 6.07) is 19.2. The summed E-state index contributed by atoms with van der Waals surface area (Å²) in [6.45, 7) is 1.53. The molecule has 2 aromatic rings. The number of hydrogen-bond donors (Lipinski definition) is 0. The van der Waals surface area contributed by atoms with Gasteiger partial charge in [-0.15, -0.1) is 0 Å². The van der Waals surface area contributed by atoms with Gasteiger partial charge in [0.15, 0.2) is 0 Å². The zero-order chi connectivity index (χ0) is 20.5. The normalized spacial score (nSPS) is 32.5. The predicted octanol–water partition coefficient (Wildman–Crippen LogP) is 4.16. The predicted molar refractivity (Wildman–Crippen MR) is 110 cm³/mol. The van der Waals surface area contributed by atoms with Gasteiger partial charge in [0.25, 0.3) is 0 Å². The second-order valence-corrected chi connectivity index (χ2v) is 8.38. The molecule has 0 amide bonds. The van der Waals surface area contributed by atoms with Crippen LogP contribution in [0.4, 0.5) is 0 Å². The SMILES string of the molecule is O=[N+]([O-])[C@@H]1CC2=CO[C@@H](OCc3ccccc3)[C@@H]3COC[C@H]([C@@H]23)[C@@H]1c1ccccc1. The highest BCUT2D eigenvalue weighted by Gasteiger charge is 2.55. The molecule has 5 rings (SSSR count). The molecule has 1 aliphatic carbocycles. The van der Waals surface area contributed by atoms with E-state index in [0.717, 1.165) is 16.7 Å². The second kappa shape index (κ2) is 8.20. The summed E-state index contributed by atoms with van der Waals surface area (Å²) in [4.78, 5) is 11.8. The van der Waals surface area contributed by atoms with E-state index in [-0.39, 0.29) is 28.6 Å². The first-order chi connectivity index (χ1) is 14.7. The van der Waals surface area contributed by atoms with Crippen LogP contribution in [0.3, 0.4) is 0 Å². The summed E-state index contributed by atoms with van der Waals surface area (Å²) >= 11 is 0. The topological polar surface area (TPSA) is 70.8 Å². The number of benzene rings is 2. The Morgan fingerprint density at radius 3 is 2.40 bits per heavy atom. The number of nitrogens with zero attached hydrogens (tertiary/aromatic N) is 1. The Morgan fingerprint density at radius 2 is 1.67 bits per heavy atom. The minimum atomic E-state index is -0.673. The highest BCUT2D eigenvalue weighted by atomic mass is 16.7. The molecule has 3 aliphatic rings. The van der Waals surface area contributed by atoms with Crippen LogP contribution >= 0.6 is 0 Å². The largest absolute Gasteiger partial charge is 0.472 e. The fraction of sp³-hybridized carbons (Fsp3) is 0.417. The molecular weight excluding hydrogens is 382 g/mol. The molecule has 0 radical (unpaired) electrons. The number of rotatable bonds is 5. The first kappa shape index (κ1) is 19.3. The van der Waals surface area contributed by atoms with Crippen LogP contribution in [-0.2, 0) is 20.8 Å². The molecule has 6 heteroatoms. The van der Waals surface area contributed by atoms with E-state index in [4.69, 9.17) is 14.2 Å². The van der Waals surface area contributed by atoms with Crippen molar-refractivity contribution in [2.24, 2.45) is 17.8 Å². The summed E-state index contributed by atoms with van der Waals surface area (Å²) in [7, 11) is 0. The number of nitro groups is 1. The van der Waals surface area contributed by atoms with Crippen LogP contribution in [0, 0.1) is 27.9 Å². The molecule has 30 heavy (non-hydrogen) atoms. The maximum atomic E-state index is 12.0. The van der Waals surface area contributed by atoms with Gasteiger partial charge < -0.3 is 14.2 Å². The molecule has 1 saturated carbocycles. The van der Waals surface area contributed by atoms with Crippen LogP contribution in [0.2, 0.25) is 0 Å². The van der Waals surface area contributed by atoms with Gasteiger partial charge in [0.1, 0.15) is 0 Å². The van der Waals surface area contributed by atoms with E-state index in [9.17, 15) is 10.1 Å². The molecule has 0 bridgehead atoms. The monoisotopic (exact) mass is 407 g/mol. The van der Waals surface area contributed by atoms with Crippen molar-refractivity contribution in [3.8, 4) is 0 Å². The molecule has 6 atom stereocenters. The maximum absolute atomic E-state index is 12.0. The van der Waals surface area contributed by atoms with Crippen LogP contribution < -0.4 is 0 Å². The highest BCUT2D eigenvalue weighted by molar-refractivity contribution is 5.29. The van der Waals surface area contributed by atoms with Crippen molar-refractivity contribution in [2.45, 2.75) is 31.3 Å². The summed E-state index contributed by atoms with van der Waals surface area (Å²) in [5.41, 5.74) is 3.13. The Balaban J connectivity index is 1.43. The lowest BCUT2D eigenvalue weighted by Crippen LogP contribution is -2.54. The van der Waals surface area contributed by atoms with Gasteiger partial charge in [-0.3, -0.25) is 10.1 Å². The van der Waals surface area contributed by atoms with Gasteiger partial charge in [-0.1, -0.05) is 60.7 Å². The zero-order valence-corrected chi connectivity index (χ0v) is 16.6. The smallest absolute Gasteiger partial charge is 0.224 e. The molecule has 156 valence electrons. The van der Waals surface area contributed by atoms with E-state index in [1.165, 1.54) is 0 Å². The second-order valence-electron chi connectivity index (χ2n) is 8.38. The molecule has 0 aromatic heterocycles. The van der Waals surface area contributed by atoms with Gasteiger partial charge in [0, 0.05) is 23.2 Å². The van der Waals surface area contributed by atoms with E-state index in [2.05, 4.69) is 0 Å². The molecule has 2 aromatic carbocycles. The van der Waals surface area contributed by atoms with E-state index < -0.39 is 12.3 Å². The van der Waals surface area contributed by atoms with Crippen molar-refractivity contribution >= 4 is 0 Å². The molecule has 0 unspecified atom stereocenters. The van der Waals surface area contributed by atoms with Gasteiger partial charge >= 0.3 is 0 Å². The van der Waals surface area contributed by atoms with Gasteiger partial charge in [-0.05, 0) is 16.7 Å². The summed E-state index contributed by atoms with van der Waals surface area (Å²) in [5.74, 6) is 0.0633.